The molecule has 1 unspecified atom stereocenters. The van der Waals surface area contributed by atoms with E-state index in [0.29, 0.717) is 11.8 Å². The van der Waals surface area contributed by atoms with E-state index in [9.17, 15) is 0 Å². The normalized spacial score (nSPS) is 13.7. The van der Waals surface area contributed by atoms with Crippen LogP contribution in [-0.4, -0.2) is 18.6 Å². The van der Waals surface area contributed by atoms with Gasteiger partial charge in [0.2, 0.25) is 0 Å². The maximum atomic E-state index is 6.08. The number of hydrogen-bond acceptors (Lipinski definition) is 1. The van der Waals surface area contributed by atoms with Crippen LogP contribution in [0.15, 0.2) is 28.7 Å². The van der Waals surface area contributed by atoms with Crippen LogP contribution in [0.5, 0.6) is 0 Å². The molecule has 0 saturated carbocycles. The van der Waals surface area contributed by atoms with Crippen molar-refractivity contribution in [2.45, 2.75) is 38.2 Å². The van der Waals surface area contributed by atoms with Crippen molar-refractivity contribution in [2.75, 3.05) is 13.0 Å². The third-order valence-electron chi connectivity index (χ3n) is 3.18. The Bertz CT molecular complexity index is 352. The maximum Gasteiger partial charge on any atom is 0.0623 e. The lowest BCUT2D eigenvalue weighted by Crippen LogP contribution is -2.23. The van der Waals surface area contributed by atoms with E-state index < -0.39 is 0 Å². The summed E-state index contributed by atoms with van der Waals surface area (Å²) in [7, 11) is 1.76. The summed E-state index contributed by atoms with van der Waals surface area (Å²) in [4.78, 5) is 0. The van der Waals surface area contributed by atoms with Gasteiger partial charge in [0.1, 0.15) is 0 Å². The van der Waals surface area contributed by atoms with Gasteiger partial charge < -0.3 is 4.74 Å². The van der Waals surface area contributed by atoms with Gasteiger partial charge in [-0.2, -0.15) is 0 Å². The third kappa shape index (κ3) is 4.61. The number of rotatable bonds is 6. The van der Waals surface area contributed by atoms with Crippen LogP contribution in [0.25, 0.3) is 0 Å². The first kappa shape index (κ1) is 15.0. The highest BCUT2D eigenvalue weighted by atomic mass is 79.9. The second-order valence-corrected chi connectivity index (χ2v) is 6.04. The highest BCUT2D eigenvalue weighted by Crippen LogP contribution is 2.31. The zero-order valence-corrected chi connectivity index (χ0v) is 13.0. The van der Waals surface area contributed by atoms with E-state index >= 15 is 0 Å². The highest BCUT2D eigenvalue weighted by molar-refractivity contribution is 9.10. The molecule has 0 fully saturated rings. The van der Waals surface area contributed by atoms with Crippen molar-refractivity contribution in [3.63, 3.8) is 0 Å². The molecule has 0 aliphatic carbocycles. The molecule has 1 nitrogen and oxygen atoms in total. The van der Waals surface area contributed by atoms with Gasteiger partial charge in [0.15, 0.2) is 0 Å². The molecule has 0 radical (unpaired) electrons. The van der Waals surface area contributed by atoms with Crippen molar-refractivity contribution in [3.05, 3.63) is 34.3 Å². The van der Waals surface area contributed by atoms with Gasteiger partial charge in [-0.25, -0.2) is 0 Å². The largest absolute Gasteiger partial charge is 0.379 e. The molecule has 0 bridgehead atoms. The van der Waals surface area contributed by atoms with E-state index in [-0.39, 0.29) is 5.60 Å². The first-order chi connectivity index (χ1) is 8.00. The second kappa shape index (κ2) is 6.77. The lowest BCUT2D eigenvalue weighted by Gasteiger charge is -2.25. The second-order valence-electron chi connectivity index (χ2n) is 4.88. The molecule has 1 atom stereocenters. The van der Waals surface area contributed by atoms with E-state index in [4.69, 9.17) is 16.3 Å². The van der Waals surface area contributed by atoms with Crippen molar-refractivity contribution in [1.82, 2.24) is 0 Å². The summed E-state index contributed by atoms with van der Waals surface area (Å²) in [5, 5.41) is 0. The summed E-state index contributed by atoms with van der Waals surface area (Å²) in [5.74, 6) is 1.02. The van der Waals surface area contributed by atoms with Gasteiger partial charge in [0, 0.05) is 17.5 Å². The molecule has 0 amide bonds. The number of alkyl halides is 1. The van der Waals surface area contributed by atoms with Crippen LogP contribution in [0.4, 0.5) is 0 Å². The Labute approximate surface area is 118 Å². The van der Waals surface area contributed by atoms with Gasteiger partial charge in [0.25, 0.3) is 0 Å². The molecular formula is C14H20BrClO. The number of methoxy groups -OCH3 is 1. The van der Waals surface area contributed by atoms with Gasteiger partial charge in [-0.15, -0.1) is 11.6 Å². The van der Waals surface area contributed by atoms with Crippen LogP contribution in [0.2, 0.25) is 0 Å². The van der Waals surface area contributed by atoms with Gasteiger partial charge in [-0.3, -0.25) is 0 Å². The number of benzene rings is 1. The molecule has 0 aliphatic rings. The molecule has 0 heterocycles. The Hall–Kier alpha value is -0.0500. The molecule has 1 aromatic rings. The number of hydrogen-bond donors (Lipinski definition) is 0. The topological polar surface area (TPSA) is 9.23 Å². The standard InChI is InChI=1S/C14H20BrClO/c1-14(2,17-3)9-8-11(10-16)12-6-4-5-7-13(12)15/h4-7,11H,8-10H2,1-3H3. The molecular weight excluding hydrogens is 300 g/mol. The summed E-state index contributed by atoms with van der Waals surface area (Å²) in [6.07, 6.45) is 2.04. The van der Waals surface area contributed by atoms with Crippen LogP contribution in [0.3, 0.4) is 0 Å². The third-order valence-corrected chi connectivity index (χ3v) is 4.27. The van der Waals surface area contributed by atoms with E-state index in [1.165, 1.54) is 5.56 Å². The van der Waals surface area contributed by atoms with Crippen LogP contribution >= 0.6 is 27.5 Å². The molecule has 0 spiro atoms. The molecule has 3 heteroatoms. The monoisotopic (exact) mass is 318 g/mol. The summed E-state index contributed by atoms with van der Waals surface area (Å²) >= 11 is 9.67. The molecule has 1 rings (SSSR count). The van der Waals surface area contributed by atoms with Crippen molar-refractivity contribution in [1.29, 1.82) is 0 Å². The smallest absolute Gasteiger partial charge is 0.0623 e. The number of halogens is 2. The van der Waals surface area contributed by atoms with E-state index in [1.54, 1.807) is 7.11 Å². The van der Waals surface area contributed by atoms with Crippen LogP contribution in [0, 0.1) is 0 Å². The zero-order chi connectivity index (χ0) is 12.9. The van der Waals surface area contributed by atoms with E-state index in [0.717, 1.165) is 17.3 Å². The minimum Gasteiger partial charge on any atom is -0.379 e. The summed E-state index contributed by atoms with van der Waals surface area (Å²) in [6.45, 7) is 4.22. The Balaban J connectivity index is 2.70. The average Bonchev–Trinajstić information content (AvgIpc) is 2.32. The first-order valence-corrected chi connectivity index (χ1v) is 7.18. The molecule has 17 heavy (non-hydrogen) atoms. The van der Waals surface area contributed by atoms with E-state index in [1.807, 2.05) is 6.07 Å². The first-order valence-electron chi connectivity index (χ1n) is 5.85. The summed E-state index contributed by atoms with van der Waals surface area (Å²) in [6, 6.07) is 8.28. The van der Waals surface area contributed by atoms with Crippen LogP contribution in [0.1, 0.15) is 38.2 Å². The minimum absolute atomic E-state index is 0.0778. The Morgan fingerprint density at radius 3 is 2.53 bits per heavy atom. The highest BCUT2D eigenvalue weighted by Gasteiger charge is 2.20. The average molecular weight is 320 g/mol. The molecule has 0 saturated heterocycles. The SMILES string of the molecule is COC(C)(C)CCC(CCl)c1ccccc1Br. The predicted octanol–water partition coefficient (Wildman–Crippen LogP) is 4.98. The van der Waals surface area contributed by atoms with Gasteiger partial charge in [-0.05, 0) is 44.2 Å². The lowest BCUT2D eigenvalue weighted by molar-refractivity contribution is 0.0127. The molecule has 0 aliphatic heterocycles. The minimum atomic E-state index is -0.0778. The Morgan fingerprint density at radius 2 is 2.00 bits per heavy atom. The van der Waals surface area contributed by atoms with Gasteiger partial charge in [0.05, 0.1) is 5.60 Å². The maximum absolute atomic E-state index is 6.08. The molecule has 0 N–H and O–H groups in total. The fourth-order valence-electron chi connectivity index (χ4n) is 1.75. The molecule has 0 aromatic heterocycles. The lowest BCUT2D eigenvalue weighted by atomic mass is 9.91. The van der Waals surface area contributed by atoms with E-state index in [2.05, 4.69) is 48.0 Å². The fraction of sp³-hybridized carbons (Fsp3) is 0.571. The Morgan fingerprint density at radius 1 is 1.35 bits per heavy atom. The number of ether oxygens (including phenoxy) is 1. The molecule has 1 aromatic carbocycles. The van der Waals surface area contributed by atoms with Gasteiger partial charge in [-0.1, -0.05) is 34.1 Å². The predicted molar refractivity (Wildman–Crippen MR) is 77.9 cm³/mol. The van der Waals surface area contributed by atoms with Crippen LogP contribution in [-0.2, 0) is 4.74 Å². The summed E-state index contributed by atoms with van der Waals surface area (Å²) in [5.41, 5.74) is 1.21. The summed E-state index contributed by atoms with van der Waals surface area (Å²) < 4.78 is 6.58. The fourth-order valence-corrected chi connectivity index (χ4v) is 2.67. The van der Waals surface area contributed by atoms with Gasteiger partial charge >= 0.3 is 0 Å². The van der Waals surface area contributed by atoms with Crippen molar-refractivity contribution < 1.29 is 4.74 Å². The van der Waals surface area contributed by atoms with Crippen molar-refractivity contribution in [3.8, 4) is 0 Å². The zero-order valence-electron chi connectivity index (χ0n) is 10.7. The van der Waals surface area contributed by atoms with Crippen molar-refractivity contribution >= 4 is 27.5 Å². The molecule has 96 valence electrons. The Kier molecular flexibility index (Phi) is 5.98. The quantitative estimate of drug-likeness (QED) is 0.672. The van der Waals surface area contributed by atoms with Crippen LogP contribution < -0.4 is 0 Å². The van der Waals surface area contributed by atoms with Crippen molar-refractivity contribution in [2.24, 2.45) is 0 Å².